The minimum absolute atomic E-state index is 0.224. The van der Waals surface area contributed by atoms with E-state index in [0.29, 0.717) is 0 Å². The fraction of sp³-hybridized carbons (Fsp3) is 0.417. The molecule has 0 radical (unpaired) electrons. The van der Waals surface area contributed by atoms with E-state index < -0.39 is 0 Å². The first-order valence-electron chi connectivity index (χ1n) is 4.85. The zero-order valence-corrected chi connectivity index (χ0v) is 8.50. The van der Waals surface area contributed by atoms with Crippen molar-refractivity contribution in [3.05, 3.63) is 34.9 Å². The molecule has 0 N–H and O–H groups in total. The average Bonchev–Trinajstić information content (AvgIpc) is 2.91. The first-order valence-corrected chi connectivity index (χ1v) is 4.85. The molecule has 1 aliphatic rings. The SMILES string of the molecule is Cc1cccc(C2(N=C=O)CC2)c1C. The van der Waals surface area contributed by atoms with Crippen LogP contribution in [-0.2, 0) is 10.3 Å². The summed E-state index contributed by atoms with van der Waals surface area (Å²) in [5.74, 6) is 0. The van der Waals surface area contributed by atoms with Crippen molar-refractivity contribution < 1.29 is 4.79 Å². The molecule has 72 valence electrons. The van der Waals surface area contributed by atoms with Gasteiger partial charge >= 0.3 is 0 Å². The Labute approximate surface area is 83.7 Å². The Balaban J connectivity index is 2.52. The topological polar surface area (TPSA) is 29.4 Å². The molecular weight excluding hydrogens is 174 g/mol. The quantitative estimate of drug-likeness (QED) is 0.517. The molecule has 0 unspecified atom stereocenters. The first kappa shape index (κ1) is 9.17. The summed E-state index contributed by atoms with van der Waals surface area (Å²) in [6.07, 6.45) is 3.65. The van der Waals surface area contributed by atoms with Crippen molar-refractivity contribution in [2.24, 2.45) is 4.99 Å². The van der Waals surface area contributed by atoms with Crippen molar-refractivity contribution >= 4 is 6.08 Å². The van der Waals surface area contributed by atoms with Gasteiger partial charge in [-0.1, -0.05) is 18.2 Å². The molecule has 1 saturated carbocycles. The normalized spacial score (nSPS) is 17.3. The zero-order chi connectivity index (χ0) is 10.2. The molecular formula is C12H13NO. The van der Waals surface area contributed by atoms with Crippen molar-refractivity contribution in [1.82, 2.24) is 0 Å². The van der Waals surface area contributed by atoms with Crippen LogP contribution in [0.3, 0.4) is 0 Å². The molecule has 2 rings (SSSR count). The maximum Gasteiger partial charge on any atom is 0.235 e. The third-order valence-corrected chi connectivity index (χ3v) is 3.09. The smallest absolute Gasteiger partial charge is 0.211 e. The van der Waals surface area contributed by atoms with E-state index in [1.807, 2.05) is 6.07 Å². The van der Waals surface area contributed by atoms with Crippen LogP contribution in [0.2, 0.25) is 0 Å². The second kappa shape index (κ2) is 3.07. The Morgan fingerprint density at radius 3 is 2.64 bits per heavy atom. The van der Waals surface area contributed by atoms with Crippen LogP contribution in [0.4, 0.5) is 0 Å². The number of nitrogens with zero attached hydrogens (tertiary/aromatic N) is 1. The summed E-state index contributed by atoms with van der Waals surface area (Å²) in [5, 5.41) is 0. The monoisotopic (exact) mass is 187 g/mol. The third kappa shape index (κ3) is 1.28. The van der Waals surface area contributed by atoms with Gasteiger partial charge in [-0.3, -0.25) is 0 Å². The third-order valence-electron chi connectivity index (χ3n) is 3.09. The fourth-order valence-electron chi connectivity index (χ4n) is 1.90. The number of isocyanates is 1. The van der Waals surface area contributed by atoms with E-state index in [2.05, 4.69) is 31.0 Å². The van der Waals surface area contributed by atoms with E-state index >= 15 is 0 Å². The summed E-state index contributed by atoms with van der Waals surface area (Å²) in [6, 6.07) is 6.17. The summed E-state index contributed by atoms with van der Waals surface area (Å²) in [4.78, 5) is 14.3. The summed E-state index contributed by atoms with van der Waals surface area (Å²) in [6.45, 7) is 4.17. The Morgan fingerprint density at radius 1 is 1.36 bits per heavy atom. The molecule has 2 heteroatoms. The summed E-state index contributed by atoms with van der Waals surface area (Å²) < 4.78 is 0. The van der Waals surface area contributed by atoms with Gasteiger partial charge in [-0.15, -0.1) is 0 Å². The zero-order valence-electron chi connectivity index (χ0n) is 8.50. The summed E-state index contributed by atoms with van der Waals surface area (Å²) in [5.41, 5.74) is 3.48. The van der Waals surface area contributed by atoms with Gasteiger partial charge in [0.25, 0.3) is 0 Å². The van der Waals surface area contributed by atoms with Crippen molar-refractivity contribution in [2.45, 2.75) is 32.2 Å². The maximum atomic E-state index is 10.3. The van der Waals surface area contributed by atoms with E-state index in [0.717, 1.165) is 12.8 Å². The lowest BCUT2D eigenvalue weighted by atomic mass is 9.96. The van der Waals surface area contributed by atoms with Crippen molar-refractivity contribution in [3.63, 3.8) is 0 Å². The van der Waals surface area contributed by atoms with Gasteiger partial charge in [-0.2, -0.15) is 4.99 Å². The highest BCUT2D eigenvalue weighted by Gasteiger charge is 2.45. The van der Waals surface area contributed by atoms with Crippen LogP contribution in [-0.4, -0.2) is 6.08 Å². The molecule has 0 amide bonds. The molecule has 0 aromatic heterocycles. The van der Waals surface area contributed by atoms with Crippen molar-refractivity contribution in [3.8, 4) is 0 Å². The van der Waals surface area contributed by atoms with Crippen LogP contribution in [0.25, 0.3) is 0 Å². The number of aryl methyl sites for hydroxylation is 1. The Morgan fingerprint density at radius 2 is 2.07 bits per heavy atom. The van der Waals surface area contributed by atoms with Crippen LogP contribution in [0, 0.1) is 13.8 Å². The van der Waals surface area contributed by atoms with Gasteiger partial charge in [-0.25, -0.2) is 4.79 Å². The number of carbonyl (C=O) groups excluding carboxylic acids is 1. The van der Waals surface area contributed by atoms with Crippen LogP contribution < -0.4 is 0 Å². The minimum Gasteiger partial charge on any atom is -0.211 e. The molecule has 1 aromatic carbocycles. The van der Waals surface area contributed by atoms with Gasteiger partial charge in [0, 0.05) is 0 Å². The number of hydrogen-bond acceptors (Lipinski definition) is 2. The van der Waals surface area contributed by atoms with Crippen LogP contribution in [0.1, 0.15) is 29.5 Å². The van der Waals surface area contributed by atoms with Crippen molar-refractivity contribution in [1.29, 1.82) is 0 Å². The lowest BCUT2D eigenvalue weighted by molar-refractivity contribution is 0.556. The van der Waals surface area contributed by atoms with Crippen molar-refractivity contribution in [2.75, 3.05) is 0 Å². The molecule has 0 bridgehead atoms. The molecule has 0 aliphatic heterocycles. The molecule has 2 nitrogen and oxygen atoms in total. The highest BCUT2D eigenvalue weighted by molar-refractivity contribution is 5.46. The highest BCUT2D eigenvalue weighted by atomic mass is 16.1. The van der Waals surface area contributed by atoms with Gasteiger partial charge in [0.15, 0.2) is 0 Å². The lowest BCUT2D eigenvalue weighted by Crippen LogP contribution is -2.05. The van der Waals surface area contributed by atoms with Crippen LogP contribution >= 0.6 is 0 Å². The Bertz CT molecular complexity index is 412. The van der Waals surface area contributed by atoms with E-state index in [4.69, 9.17) is 0 Å². The predicted octanol–water partition coefficient (Wildman–Crippen LogP) is 2.63. The van der Waals surface area contributed by atoms with Gasteiger partial charge in [0.2, 0.25) is 6.08 Å². The van der Waals surface area contributed by atoms with Gasteiger partial charge in [-0.05, 0) is 43.4 Å². The fourth-order valence-corrected chi connectivity index (χ4v) is 1.90. The molecule has 1 aliphatic carbocycles. The molecule has 0 heterocycles. The van der Waals surface area contributed by atoms with Gasteiger partial charge < -0.3 is 0 Å². The molecule has 0 atom stereocenters. The second-order valence-corrected chi connectivity index (χ2v) is 3.98. The number of benzene rings is 1. The Hall–Kier alpha value is -1.40. The molecule has 1 aromatic rings. The molecule has 1 fully saturated rings. The molecule has 0 saturated heterocycles. The lowest BCUT2D eigenvalue weighted by Gasteiger charge is -2.13. The largest absolute Gasteiger partial charge is 0.235 e. The van der Waals surface area contributed by atoms with E-state index in [9.17, 15) is 4.79 Å². The summed E-state index contributed by atoms with van der Waals surface area (Å²) >= 11 is 0. The van der Waals surface area contributed by atoms with E-state index in [-0.39, 0.29) is 5.54 Å². The number of rotatable bonds is 2. The van der Waals surface area contributed by atoms with Crippen LogP contribution in [0.15, 0.2) is 23.2 Å². The maximum absolute atomic E-state index is 10.3. The predicted molar refractivity (Wildman–Crippen MR) is 54.9 cm³/mol. The second-order valence-electron chi connectivity index (χ2n) is 3.98. The Kier molecular flexibility index (Phi) is 2.01. The van der Waals surface area contributed by atoms with E-state index in [1.165, 1.54) is 16.7 Å². The average molecular weight is 187 g/mol. The molecule has 0 spiro atoms. The van der Waals surface area contributed by atoms with Gasteiger partial charge in [0.1, 0.15) is 0 Å². The number of aliphatic imine (C=N–C) groups is 1. The summed E-state index contributed by atoms with van der Waals surface area (Å²) in [7, 11) is 0. The standard InChI is InChI=1S/C12H13NO/c1-9-4-3-5-11(10(9)2)12(6-7-12)13-8-14/h3-5H,6-7H2,1-2H3. The molecule has 14 heavy (non-hydrogen) atoms. The van der Waals surface area contributed by atoms with E-state index in [1.54, 1.807) is 6.08 Å². The van der Waals surface area contributed by atoms with Gasteiger partial charge in [0.05, 0.1) is 5.54 Å². The number of hydrogen-bond donors (Lipinski definition) is 0. The highest BCUT2D eigenvalue weighted by Crippen LogP contribution is 2.50. The minimum atomic E-state index is -0.224. The first-order chi connectivity index (χ1) is 6.69. The van der Waals surface area contributed by atoms with Crippen LogP contribution in [0.5, 0.6) is 0 Å².